The highest BCUT2D eigenvalue weighted by Crippen LogP contribution is 2.17. The number of amides is 1. The van der Waals surface area contributed by atoms with E-state index in [2.05, 4.69) is 10.3 Å². The summed E-state index contributed by atoms with van der Waals surface area (Å²) in [5, 5.41) is 2.58. The molecule has 0 fully saturated rings. The Morgan fingerprint density at radius 2 is 2.28 bits per heavy atom. The highest BCUT2D eigenvalue weighted by molar-refractivity contribution is 5.75. The van der Waals surface area contributed by atoms with Crippen LogP contribution in [0.15, 0.2) is 12.1 Å². The summed E-state index contributed by atoms with van der Waals surface area (Å²) >= 11 is 0. The molecule has 0 aliphatic heterocycles. The Bertz CT molecular complexity index is 394. The van der Waals surface area contributed by atoms with Crippen LogP contribution in [0.3, 0.4) is 0 Å². The summed E-state index contributed by atoms with van der Waals surface area (Å²) in [7, 11) is 1.63. The van der Waals surface area contributed by atoms with Crippen LogP contribution in [0, 0.1) is 6.92 Å². The average Bonchev–Trinajstić information content (AvgIpc) is 2.36. The van der Waals surface area contributed by atoms with Crippen molar-refractivity contribution in [2.45, 2.75) is 26.2 Å². The average molecular weight is 251 g/mol. The van der Waals surface area contributed by atoms with Crippen molar-refractivity contribution >= 4 is 5.91 Å². The maximum absolute atomic E-state index is 11.0. The minimum Gasteiger partial charge on any atom is -0.492 e. The monoisotopic (exact) mass is 251 g/mol. The van der Waals surface area contributed by atoms with Gasteiger partial charge in [-0.15, -0.1) is 0 Å². The number of nitrogens with one attached hydrogen (secondary N) is 1. The van der Waals surface area contributed by atoms with Crippen LogP contribution in [0.5, 0.6) is 5.75 Å². The second kappa shape index (κ2) is 7.66. The van der Waals surface area contributed by atoms with Gasteiger partial charge in [-0.3, -0.25) is 9.78 Å². The second-order valence-electron chi connectivity index (χ2n) is 4.06. The van der Waals surface area contributed by atoms with Crippen molar-refractivity contribution in [1.29, 1.82) is 0 Å². The number of hydrogen-bond acceptors (Lipinski definition) is 4. The van der Waals surface area contributed by atoms with Gasteiger partial charge in [0.25, 0.3) is 0 Å². The molecule has 0 saturated carbocycles. The van der Waals surface area contributed by atoms with Crippen LogP contribution in [0.2, 0.25) is 0 Å². The molecule has 0 aromatic carbocycles. The molecule has 0 spiro atoms. The Morgan fingerprint density at radius 3 is 2.94 bits per heavy atom. The molecule has 0 radical (unpaired) electrons. The summed E-state index contributed by atoms with van der Waals surface area (Å²) in [4.78, 5) is 15.5. The smallest absolute Gasteiger partial charge is 0.219 e. The standard InChI is InChI=1S/C13H21N3O2/c1-10-5-6-12(11(16-10)7-8-14)18-9-3-4-13(17)15-2/h5-6H,3-4,7-9,14H2,1-2H3,(H,15,17). The van der Waals surface area contributed by atoms with Gasteiger partial charge in [0.1, 0.15) is 5.75 Å². The first kappa shape index (κ1) is 14.4. The minimum atomic E-state index is 0.0304. The molecular formula is C13H21N3O2. The van der Waals surface area contributed by atoms with Crippen molar-refractivity contribution in [2.24, 2.45) is 5.73 Å². The van der Waals surface area contributed by atoms with Gasteiger partial charge in [0, 0.05) is 25.6 Å². The molecule has 1 aromatic heterocycles. The number of carbonyl (C=O) groups excluding carboxylic acids is 1. The fourth-order valence-corrected chi connectivity index (χ4v) is 1.58. The summed E-state index contributed by atoms with van der Waals surface area (Å²) in [6, 6.07) is 3.82. The lowest BCUT2D eigenvalue weighted by molar-refractivity contribution is -0.120. The number of nitrogens with two attached hydrogens (primary N) is 1. The van der Waals surface area contributed by atoms with Gasteiger partial charge < -0.3 is 15.8 Å². The molecule has 1 rings (SSSR count). The van der Waals surface area contributed by atoms with Crippen molar-refractivity contribution in [3.63, 3.8) is 0 Å². The molecule has 18 heavy (non-hydrogen) atoms. The predicted octanol–water partition coefficient (Wildman–Crippen LogP) is 0.796. The largest absolute Gasteiger partial charge is 0.492 e. The molecule has 5 heteroatoms. The molecule has 3 N–H and O–H groups in total. The first-order valence-corrected chi connectivity index (χ1v) is 6.17. The molecule has 1 aromatic rings. The predicted molar refractivity (Wildman–Crippen MR) is 70.5 cm³/mol. The van der Waals surface area contributed by atoms with E-state index in [1.807, 2.05) is 19.1 Å². The van der Waals surface area contributed by atoms with E-state index in [9.17, 15) is 4.79 Å². The Hall–Kier alpha value is -1.62. The van der Waals surface area contributed by atoms with Crippen LogP contribution < -0.4 is 15.8 Å². The van der Waals surface area contributed by atoms with Crippen LogP contribution in [0.1, 0.15) is 24.2 Å². The fraction of sp³-hybridized carbons (Fsp3) is 0.538. The molecule has 5 nitrogen and oxygen atoms in total. The summed E-state index contributed by atoms with van der Waals surface area (Å²) in [6.07, 6.45) is 1.87. The molecule has 0 bridgehead atoms. The van der Waals surface area contributed by atoms with Gasteiger partial charge in [0.05, 0.1) is 12.3 Å². The zero-order valence-electron chi connectivity index (χ0n) is 11.0. The molecular weight excluding hydrogens is 230 g/mol. The van der Waals surface area contributed by atoms with Gasteiger partial charge in [0.2, 0.25) is 5.91 Å². The molecule has 1 heterocycles. The van der Waals surface area contributed by atoms with E-state index in [1.165, 1.54) is 0 Å². The van der Waals surface area contributed by atoms with E-state index in [1.54, 1.807) is 7.05 Å². The van der Waals surface area contributed by atoms with Gasteiger partial charge in [0.15, 0.2) is 0 Å². The number of hydrogen-bond donors (Lipinski definition) is 2. The molecule has 0 saturated heterocycles. The van der Waals surface area contributed by atoms with E-state index in [-0.39, 0.29) is 5.91 Å². The van der Waals surface area contributed by atoms with Crippen LogP contribution in [0.25, 0.3) is 0 Å². The van der Waals surface area contributed by atoms with E-state index < -0.39 is 0 Å². The number of aromatic nitrogens is 1. The molecule has 0 aliphatic carbocycles. The highest BCUT2D eigenvalue weighted by Gasteiger charge is 2.05. The zero-order chi connectivity index (χ0) is 13.4. The maximum Gasteiger partial charge on any atom is 0.219 e. The number of carbonyl (C=O) groups is 1. The highest BCUT2D eigenvalue weighted by atomic mass is 16.5. The van der Waals surface area contributed by atoms with Gasteiger partial charge in [-0.25, -0.2) is 0 Å². The first-order valence-electron chi connectivity index (χ1n) is 6.17. The van der Waals surface area contributed by atoms with Gasteiger partial charge in [-0.1, -0.05) is 0 Å². The second-order valence-corrected chi connectivity index (χ2v) is 4.06. The van der Waals surface area contributed by atoms with E-state index in [0.29, 0.717) is 32.4 Å². The van der Waals surface area contributed by atoms with Crippen LogP contribution in [0.4, 0.5) is 0 Å². The molecule has 0 aliphatic rings. The Balaban J connectivity index is 2.48. The van der Waals surface area contributed by atoms with Crippen LogP contribution >= 0.6 is 0 Å². The first-order chi connectivity index (χ1) is 8.67. The lowest BCUT2D eigenvalue weighted by atomic mass is 10.2. The van der Waals surface area contributed by atoms with Gasteiger partial charge in [-0.2, -0.15) is 0 Å². The van der Waals surface area contributed by atoms with Crippen LogP contribution in [-0.2, 0) is 11.2 Å². The quantitative estimate of drug-likeness (QED) is 0.703. The SMILES string of the molecule is CNC(=O)CCCOc1ccc(C)nc1CCN. The molecule has 0 unspecified atom stereocenters. The normalized spacial score (nSPS) is 10.2. The van der Waals surface area contributed by atoms with E-state index in [4.69, 9.17) is 10.5 Å². The number of rotatable bonds is 7. The van der Waals surface area contributed by atoms with Gasteiger partial charge >= 0.3 is 0 Å². The van der Waals surface area contributed by atoms with Gasteiger partial charge in [-0.05, 0) is 32.0 Å². The Labute approximate surface area is 108 Å². The lowest BCUT2D eigenvalue weighted by Gasteiger charge is -2.10. The molecule has 0 atom stereocenters. The number of aryl methyl sites for hydroxylation is 1. The lowest BCUT2D eigenvalue weighted by Crippen LogP contribution is -2.18. The van der Waals surface area contributed by atoms with E-state index in [0.717, 1.165) is 17.1 Å². The van der Waals surface area contributed by atoms with Crippen molar-refractivity contribution in [2.75, 3.05) is 20.2 Å². The van der Waals surface area contributed by atoms with Crippen molar-refractivity contribution in [3.05, 3.63) is 23.5 Å². The van der Waals surface area contributed by atoms with Crippen molar-refractivity contribution in [1.82, 2.24) is 10.3 Å². The molecule has 1 amide bonds. The third-order valence-electron chi connectivity index (χ3n) is 2.54. The number of ether oxygens (including phenoxy) is 1. The Morgan fingerprint density at radius 1 is 1.50 bits per heavy atom. The summed E-state index contributed by atoms with van der Waals surface area (Å²) in [5.41, 5.74) is 7.38. The Kier molecular flexibility index (Phi) is 6.14. The number of pyridine rings is 1. The van der Waals surface area contributed by atoms with Crippen LogP contribution in [-0.4, -0.2) is 31.1 Å². The third kappa shape index (κ3) is 4.71. The molecule has 100 valence electrons. The topological polar surface area (TPSA) is 77.2 Å². The van der Waals surface area contributed by atoms with Crippen molar-refractivity contribution in [3.8, 4) is 5.75 Å². The van der Waals surface area contributed by atoms with Crippen molar-refractivity contribution < 1.29 is 9.53 Å². The summed E-state index contributed by atoms with van der Waals surface area (Å²) in [6.45, 7) is 3.00. The third-order valence-corrected chi connectivity index (χ3v) is 2.54. The fourth-order valence-electron chi connectivity index (χ4n) is 1.58. The maximum atomic E-state index is 11.0. The zero-order valence-corrected chi connectivity index (χ0v) is 11.0. The number of nitrogens with zero attached hydrogens (tertiary/aromatic N) is 1. The summed E-state index contributed by atoms with van der Waals surface area (Å²) in [5.74, 6) is 0.797. The minimum absolute atomic E-state index is 0.0304. The summed E-state index contributed by atoms with van der Waals surface area (Å²) < 4.78 is 5.64. The van der Waals surface area contributed by atoms with E-state index >= 15 is 0 Å².